The SMILES string of the molecule is Cc1cc(C)c2c(C)c(C(=O)N(C)C3CCS(=O)(=O)C3)sc2n1. The Hall–Kier alpha value is -1.47. The number of sulfone groups is 1. The van der Waals surface area contributed by atoms with Gasteiger partial charge in [0.05, 0.1) is 16.4 Å². The van der Waals surface area contributed by atoms with Gasteiger partial charge in [-0.3, -0.25) is 4.79 Å². The Morgan fingerprint density at radius 2 is 2.04 bits per heavy atom. The Labute approximate surface area is 140 Å². The lowest BCUT2D eigenvalue weighted by molar-refractivity contribution is 0.0752. The monoisotopic (exact) mass is 352 g/mol. The number of aryl methyl sites for hydroxylation is 3. The molecule has 0 bridgehead atoms. The van der Waals surface area contributed by atoms with Crippen molar-refractivity contribution in [2.45, 2.75) is 33.2 Å². The van der Waals surface area contributed by atoms with E-state index in [9.17, 15) is 13.2 Å². The average Bonchev–Trinajstić information content (AvgIpc) is 2.97. The van der Waals surface area contributed by atoms with Gasteiger partial charge in [-0.05, 0) is 44.4 Å². The van der Waals surface area contributed by atoms with Gasteiger partial charge in [-0.15, -0.1) is 11.3 Å². The van der Waals surface area contributed by atoms with Crippen molar-refractivity contribution in [2.75, 3.05) is 18.6 Å². The third kappa shape index (κ3) is 2.87. The van der Waals surface area contributed by atoms with Crippen LogP contribution in [0.25, 0.3) is 10.2 Å². The fourth-order valence-corrected chi connectivity index (χ4v) is 6.29. The normalized spacial score (nSPS) is 20.1. The highest BCUT2D eigenvalue weighted by Gasteiger charge is 2.34. The number of hydrogen-bond acceptors (Lipinski definition) is 5. The first-order valence-corrected chi connectivity index (χ1v) is 10.2. The largest absolute Gasteiger partial charge is 0.337 e. The first kappa shape index (κ1) is 16.4. The number of nitrogens with zero attached hydrogens (tertiary/aromatic N) is 2. The van der Waals surface area contributed by atoms with Gasteiger partial charge in [0.15, 0.2) is 9.84 Å². The van der Waals surface area contributed by atoms with E-state index in [0.29, 0.717) is 11.3 Å². The van der Waals surface area contributed by atoms with E-state index in [0.717, 1.165) is 27.0 Å². The van der Waals surface area contributed by atoms with E-state index < -0.39 is 9.84 Å². The Morgan fingerprint density at radius 1 is 1.35 bits per heavy atom. The van der Waals surface area contributed by atoms with E-state index in [-0.39, 0.29) is 23.5 Å². The molecule has 124 valence electrons. The Bertz CT molecular complexity index is 900. The number of aromatic nitrogens is 1. The summed E-state index contributed by atoms with van der Waals surface area (Å²) >= 11 is 1.40. The third-order valence-corrected chi connectivity index (χ3v) is 7.42. The zero-order chi connectivity index (χ0) is 16.9. The maximum atomic E-state index is 12.8. The van der Waals surface area contributed by atoms with Gasteiger partial charge in [-0.25, -0.2) is 13.4 Å². The average molecular weight is 352 g/mol. The highest BCUT2D eigenvalue weighted by Crippen LogP contribution is 2.33. The smallest absolute Gasteiger partial charge is 0.264 e. The Balaban J connectivity index is 1.98. The summed E-state index contributed by atoms with van der Waals surface area (Å²) in [5, 5.41) is 1.04. The zero-order valence-corrected chi connectivity index (χ0v) is 15.3. The fourth-order valence-electron chi connectivity index (χ4n) is 3.23. The molecule has 1 fully saturated rings. The molecule has 5 nitrogen and oxygen atoms in total. The summed E-state index contributed by atoms with van der Waals surface area (Å²) < 4.78 is 23.3. The Morgan fingerprint density at radius 3 is 2.65 bits per heavy atom. The minimum atomic E-state index is -3.01. The fraction of sp³-hybridized carbons (Fsp3) is 0.500. The molecule has 1 saturated heterocycles. The molecule has 0 aliphatic carbocycles. The number of carbonyl (C=O) groups excluding carboxylic acids is 1. The second-order valence-electron chi connectivity index (χ2n) is 6.29. The van der Waals surface area contributed by atoms with Crippen molar-refractivity contribution in [3.8, 4) is 0 Å². The first-order valence-electron chi connectivity index (χ1n) is 7.54. The quantitative estimate of drug-likeness (QED) is 0.833. The van der Waals surface area contributed by atoms with Crippen LogP contribution >= 0.6 is 11.3 Å². The molecule has 0 N–H and O–H groups in total. The van der Waals surface area contributed by atoms with Crippen molar-refractivity contribution < 1.29 is 13.2 Å². The number of amides is 1. The molecule has 1 aliphatic rings. The van der Waals surface area contributed by atoms with Crippen LogP contribution in [0.1, 0.15) is 32.9 Å². The van der Waals surface area contributed by atoms with E-state index in [1.807, 2.05) is 26.8 Å². The highest BCUT2D eigenvalue weighted by molar-refractivity contribution is 7.91. The van der Waals surface area contributed by atoms with Crippen molar-refractivity contribution >= 4 is 37.3 Å². The van der Waals surface area contributed by atoms with E-state index >= 15 is 0 Å². The van der Waals surface area contributed by atoms with Crippen LogP contribution in [0.2, 0.25) is 0 Å². The van der Waals surface area contributed by atoms with Crippen molar-refractivity contribution in [1.29, 1.82) is 0 Å². The maximum absolute atomic E-state index is 12.8. The number of rotatable bonds is 2. The molecule has 0 radical (unpaired) electrons. The second-order valence-corrected chi connectivity index (χ2v) is 9.52. The van der Waals surface area contributed by atoms with Gasteiger partial charge in [0.2, 0.25) is 0 Å². The van der Waals surface area contributed by atoms with Gasteiger partial charge in [0.1, 0.15) is 4.83 Å². The number of hydrogen-bond donors (Lipinski definition) is 0. The summed E-state index contributed by atoms with van der Waals surface area (Å²) in [6.07, 6.45) is 0.519. The molecule has 1 atom stereocenters. The van der Waals surface area contributed by atoms with Crippen LogP contribution in [-0.4, -0.2) is 48.8 Å². The molecule has 2 aromatic heterocycles. The molecule has 0 saturated carbocycles. The van der Waals surface area contributed by atoms with Gasteiger partial charge < -0.3 is 4.90 Å². The lowest BCUT2D eigenvalue weighted by Gasteiger charge is -2.23. The standard InChI is InChI=1S/C16H20N2O3S2/c1-9-7-10(2)17-15-13(9)11(3)14(22-15)16(19)18(4)12-5-6-23(20,21)8-12/h7,12H,5-6,8H2,1-4H3. The minimum absolute atomic E-state index is 0.0650. The van der Waals surface area contributed by atoms with Crippen LogP contribution in [0.15, 0.2) is 6.07 Å². The second kappa shape index (κ2) is 5.56. The van der Waals surface area contributed by atoms with Gasteiger partial charge in [-0.1, -0.05) is 0 Å². The molecule has 1 aliphatic heterocycles. The topological polar surface area (TPSA) is 67.3 Å². The predicted octanol–water partition coefficient (Wildman–Crippen LogP) is 2.48. The molecule has 0 aromatic carbocycles. The van der Waals surface area contributed by atoms with Crippen LogP contribution in [0, 0.1) is 20.8 Å². The van der Waals surface area contributed by atoms with Crippen LogP contribution < -0.4 is 0 Å². The summed E-state index contributed by atoms with van der Waals surface area (Å²) in [6, 6.07) is 1.79. The summed E-state index contributed by atoms with van der Waals surface area (Å²) in [6.45, 7) is 5.91. The molecular formula is C16H20N2O3S2. The van der Waals surface area contributed by atoms with Crippen molar-refractivity contribution in [3.05, 3.63) is 27.8 Å². The lowest BCUT2D eigenvalue weighted by atomic mass is 10.1. The molecule has 3 heterocycles. The van der Waals surface area contributed by atoms with Gasteiger partial charge in [-0.2, -0.15) is 0 Å². The molecular weight excluding hydrogens is 332 g/mol. The van der Waals surface area contributed by atoms with Crippen molar-refractivity contribution in [3.63, 3.8) is 0 Å². The predicted molar refractivity (Wildman–Crippen MR) is 93.0 cm³/mol. The van der Waals surface area contributed by atoms with Crippen LogP contribution in [0.5, 0.6) is 0 Å². The number of thiophene rings is 1. The van der Waals surface area contributed by atoms with E-state index in [4.69, 9.17) is 0 Å². The summed E-state index contributed by atoms with van der Waals surface area (Å²) in [7, 11) is -1.31. The van der Waals surface area contributed by atoms with Crippen LogP contribution in [-0.2, 0) is 9.84 Å². The third-order valence-electron chi connectivity index (χ3n) is 4.50. The lowest BCUT2D eigenvalue weighted by Crippen LogP contribution is -2.37. The van der Waals surface area contributed by atoms with Gasteiger partial charge in [0.25, 0.3) is 5.91 Å². The summed E-state index contributed by atoms with van der Waals surface area (Å²) in [5.41, 5.74) is 2.99. The van der Waals surface area contributed by atoms with E-state index in [1.54, 1.807) is 11.9 Å². The summed E-state index contributed by atoms with van der Waals surface area (Å²) in [4.78, 5) is 20.5. The van der Waals surface area contributed by atoms with Gasteiger partial charge in [0, 0.05) is 24.2 Å². The maximum Gasteiger partial charge on any atom is 0.264 e. The van der Waals surface area contributed by atoms with E-state index in [2.05, 4.69) is 4.98 Å². The molecule has 7 heteroatoms. The molecule has 2 aromatic rings. The number of carbonyl (C=O) groups is 1. The summed E-state index contributed by atoms with van der Waals surface area (Å²) in [5.74, 6) is 0.125. The number of pyridine rings is 1. The minimum Gasteiger partial charge on any atom is -0.337 e. The highest BCUT2D eigenvalue weighted by atomic mass is 32.2. The van der Waals surface area contributed by atoms with Crippen molar-refractivity contribution in [2.24, 2.45) is 0 Å². The molecule has 0 spiro atoms. The first-order chi connectivity index (χ1) is 10.7. The molecule has 1 amide bonds. The molecule has 1 unspecified atom stereocenters. The molecule has 23 heavy (non-hydrogen) atoms. The zero-order valence-electron chi connectivity index (χ0n) is 13.7. The van der Waals surface area contributed by atoms with Crippen LogP contribution in [0.3, 0.4) is 0 Å². The Kier molecular flexibility index (Phi) is 3.96. The molecule has 3 rings (SSSR count). The van der Waals surface area contributed by atoms with Crippen molar-refractivity contribution in [1.82, 2.24) is 9.88 Å². The number of fused-ring (bicyclic) bond motifs is 1. The van der Waals surface area contributed by atoms with Crippen LogP contribution in [0.4, 0.5) is 0 Å². The van der Waals surface area contributed by atoms with Gasteiger partial charge >= 0.3 is 0 Å². The van der Waals surface area contributed by atoms with E-state index in [1.165, 1.54) is 11.3 Å².